The molecule has 0 spiro atoms. The van der Waals surface area contributed by atoms with Crippen molar-refractivity contribution in [3.05, 3.63) is 35.9 Å². The molecule has 4 nitrogen and oxygen atoms in total. The predicted molar refractivity (Wildman–Crippen MR) is 91.1 cm³/mol. The van der Waals surface area contributed by atoms with Crippen LogP contribution in [-0.2, 0) is 14.9 Å². The van der Waals surface area contributed by atoms with E-state index in [0.29, 0.717) is 19.1 Å². The number of hydrogen-bond donors (Lipinski definition) is 1. The van der Waals surface area contributed by atoms with Crippen molar-refractivity contribution in [3.63, 3.8) is 0 Å². The third-order valence-electron chi connectivity index (χ3n) is 5.65. The molecule has 23 heavy (non-hydrogen) atoms. The number of likely N-dealkylation sites (tertiary alicyclic amines) is 1. The Balaban J connectivity index is 1.79. The molecule has 2 aliphatic rings. The Kier molecular flexibility index (Phi) is 5.02. The maximum Gasteiger partial charge on any atom is 0.233 e. The van der Waals surface area contributed by atoms with Gasteiger partial charge in [-0.05, 0) is 44.1 Å². The SMILES string of the molecule is CC(N)C1CCN(C(=O)C2(c3ccccc3)CCOCC2)CC1. The van der Waals surface area contributed by atoms with E-state index < -0.39 is 5.41 Å². The minimum Gasteiger partial charge on any atom is -0.381 e. The van der Waals surface area contributed by atoms with Gasteiger partial charge in [0.25, 0.3) is 0 Å². The molecule has 4 heteroatoms. The van der Waals surface area contributed by atoms with Gasteiger partial charge in [-0.1, -0.05) is 30.3 Å². The Morgan fingerprint density at radius 1 is 1.22 bits per heavy atom. The smallest absolute Gasteiger partial charge is 0.233 e. The highest BCUT2D eigenvalue weighted by atomic mass is 16.5. The number of rotatable bonds is 3. The Morgan fingerprint density at radius 3 is 2.39 bits per heavy atom. The lowest BCUT2D eigenvalue weighted by atomic mass is 9.72. The first-order valence-corrected chi connectivity index (χ1v) is 8.82. The topological polar surface area (TPSA) is 55.6 Å². The highest BCUT2D eigenvalue weighted by Gasteiger charge is 2.44. The molecule has 2 fully saturated rings. The normalized spacial score (nSPS) is 23.5. The number of nitrogens with two attached hydrogens (primary N) is 1. The number of carbonyl (C=O) groups is 1. The standard InChI is InChI=1S/C19H28N2O2/c1-15(20)16-7-11-21(12-8-16)18(22)19(9-13-23-14-10-19)17-5-3-2-4-6-17/h2-6,15-16H,7-14,20H2,1H3. The number of amides is 1. The summed E-state index contributed by atoms with van der Waals surface area (Å²) >= 11 is 0. The van der Waals surface area contributed by atoms with Crippen LogP contribution in [0.25, 0.3) is 0 Å². The van der Waals surface area contributed by atoms with E-state index in [-0.39, 0.29) is 11.9 Å². The molecular formula is C19H28N2O2. The van der Waals surface area contributed by atoms with Crippen LogP contribution in [0.2, 0.25) is 0 Å². The van der Waals surface area contributed by atoms with Gasteiger partial charge < -0.3 is 15.4 Å². The summed E-state index contributed by atoms with van der Waals surface area (Å²) in [7, 11) is 0. The minimum atomic E-state index is -0.402. The van der Waals surface area contributed by atoms with E-state index in [9.17, 15) is 4.79 Å². The third kappa shape index (κ3) is 3.29. The largest absolute Gasteiger partial charge is 0.381 e. The molecule has 2 N–H and O–H groups in total. The van der Waals surface area contributed by atoms with E-state index in [1.165, 1.54) is 0 Å². The minimum absolute atomic E-state index is 0.221. The van der Waals surface area contributed by atoms with Gasteiger partial charge in [0.2, 0.25) is 5.91 Å². The van der Waals surface area contributed by atoms with Crippen LogP contribution in [0.5, 0.6) is 0 Å². The number of nitrogens with zero attached hydrogens (tertiary/aromatic N) is 1. The molecule has 1 aromatic carbocycles. The number of ether oxygens (including phenoxy) is 1. The quantitative estimate of drug-likeness (QED) is 0.931. The zero-order valence-electron chi connectivity index (χ0n) is 14.0. The fourth-order valence-electron chi connectivity index (χ4n) is 4.03. The van der Waals surface area contributed by atoms with Crippen molar-refractivity contribution >= 4 is 5.91 Å². The molecule has 2 heterocycles. The number of hydrogen-bond acceptors (Lipinski definition) is 3. The van der Waals surface area contributed by atoms with E-state index in [4.69, 9.17) is 10.5 Å². The molecule has 1 amide bonds. The fraction of sp³-hybridized carbons (Fsp3) is 0.632. The first-order valence-electron chi connectivity index (χ1n) is 8.82. The van der Waals surface area contributed by atoms with Crippen molar-refractivity contribution in [2.24, 2.45) is 11.7 Å². The lowest BCUT2D eigenvalue weighted by Gasteiger charge is -2.42. The van der Waals surface area contributed by atoms with Crippen molar-refractivity contribution in [2.75, 3.05) is 26.3 Å². The summed E-state index contributed by atoms with van der Waals surface area (Å²) in [5.74, 6) is 0.830. The van der Waals surface area contributed by atoms with Crippen molar-refractivity contribution < 1.29 is 9.53 Å². The predicted octanol–water partition coefficient (Wildman–Crippen LogP) is 2.32. The maximum absolute atomic E-state index is 13.4. The van der Waals surface area contributed by atoms with Gasteiger partial charge in [-0.25, -0.2) is 0 Å². The molecule has 0 aliphatic carbocycles. The molecule has 0 aromatic heterocycles. The van der Waals surface area contributed by atoms with E-state index >= 15 is 0 Å². The second kappa shape index (κ2) is 7.02. The van der Waals surface area contributed by atoms with E-state index in [2.05, 4.69) is 24.0 Å². The summed E-state index contributed by atoms with van der Waals surface area (Å²) in [6, 6.07) is 10.5. The Hall–Kier alpha value is -1.39. The monoisotopic (exact) mass is 316 g/mol. The lowest BCUT2D eigenvalue weighted by Crippen LogP contribution is -2.52. The van der Waals surface area contributed by atoms with Crippen LogP contribution in [0.1, 0.15) is 38.2 Å². The van der Waals surface area contributed by atoms with Crippen LogP contribution in [-0.4, -0.2) is 43.2 Å². The van der Waals surface area contributed by atoms with Gasteiger partial charge in [-0.2, -0.15) is 0 Å². The first-order chi connectivity index (χ1) is 11.1. The molecule has 0 bridgehead atoms. The van der Waals surface area contributed by atoms with Crippen molar-refractivity contribution in [1.29, 1.82) is 0 Å². The van der Waals surface area contributed by atoms with Crippen LogP contribution in [0.3, 0.4) is 0 Å². The summed E-state index contributed by atoms with van der Waals surface area (Å²) in [6.07, 6.45) is 3.60. The molecule has 2 saturated heterocycles. The van der Waals surface area contributed by atoms with Gasteiger partial charge in [0.05, 0.1) is 5.41 Å². The molecule has 2 aliphatic heterocycles. The number of benzene rings is 1. The van der Waals surface area contributed by atoms with Gasteiger partial charge in [-0.3, -0.25) is 4.79 Å². The van der Waals surface area contributed by atoms with Gasteiger partial charge in [0.1, 0.15) is 0 Å². The molecule has 1 aromatic rings. The summed E-state index contributed by atoms with van der Waals surface area (Å²) in [5.41, 5.74) is 6.77. The van der Waals surface area contributed by atoms with Crippen LogP contribution in [0.4, 0.5) is 0 Å². The highest BCUT2D eigenvalue weighted by Crippen LogP contribution is 2.37. The summed E-state index contributed by atoms with van der Waals surface area (Å²) in [5, 5.41) is 0. The highest BCUT2D eigenvalue weighted by molar-refractivity contribution is 5.88. The van der Waals surface area contributed by atoms with Gasteiger partial charge >= 0.3 is 0 Å². The van der Waals surface area contributed by atoms with E-state index in [0.717, 1.165) is 44.3 Å². The molecule has 126 valence electrons. The summed E-state index contributed by atoms with van der Waals surface area (Å²) in [6.45, 7) is 5.07. The Labute approximate surface area is 139 Å². The van der Waals surface area contributed by atoms with Crippen LogP contribution in [0.15, 0.2) is 30.3 Å². The zero-order valence-corrected chi connectivity index (χ0v) is 14.0. The van der Waals surface area contributed by atoms with Crippen LogP contribution < -0.4 is 5.73 Å². The average Bonchev–Trinajstić information content (AvgIpc) is 2.62. The maximum atomic E-state index is 13.4. The lowest BCUT2D eigenvalue weighted by molar-refractivity contribution is -0.143. The molecule has 1 unspecified atom stereocenters. The van der Waals surface area contributed by atoms with Crippen molar-refractivity contribution in [1.82, 2.24) is 4.90 Å². The van der Waals surface area contributed by atoms with Crippen molar-refractivity contribution in [2.45, 2.75) is 44.1 Å². The van der Waals surface area contributed by atoms with Gasteiger partial charge in [0.15, 0.2) is 0 Å². The summed E-state index contributed by atoms with van der Waals surface area (Å²) < 4.78 is 5.54. The Morgan fingerprint density at radius 2 is 1.83 bits per heavy atom. The molecule has 0 saturated carbocycles. The zero-order chi connectivity index (χ0) is 16.3. The number of piperidine rings is 1. The van der Waals surface area contributed by atoms with E-state index in [1.54, 1.807) is 0 Å². The van der Waals surface area contributed by atoms with Crippen LogP contribution >= 0.6 is 0 Å². The number of carbonyl (C=O) groups excluding carboxylic acids is 1. The van der Waals surface area contributed by atoms with Gasteiger partial charge in [0, 0.05) is 32.3 Å². The third-order valence-corrected chi connectivity index (χ3v) is 5.65. The molecule has 1 atom stereocenters. The average molecular weight is 316 g/mol. The fourth-order valence-corrected chi connectivity index (χ4v) is 4.03. The van der Waals surface area contributed by atoms with E-state index in [1.807, 2.05) is 18.2 Å². The molecule has 3 rings (SSSR count). The van der Waals surface area contributed by atoms with Gasteiger partial charge in [-0.15, -0.1) is 0 Å². The molecule has 0 radical (unpaired) electrons. The summed E-state index contributed by atoms with van der Waals surface area (Å²) in [4.78, 5) is 15.5. The first kappa shape index (κ1) is 16.5. The van der Waals surface area contributed by atoms with Crippen LogP contribution in [0, 0.1) is 5.92 Å². The second-order valence-corrected chi connectivity index (χ2v) is 7.05. The Bertz CT molecular complexity index is 515. The van der Waals surface area contributed by atoms with Crippen molar-refractivity contribution in [3.8, 4) is 0 Å². The molecular weight excluding hydrogens is 288 g/mol. The second-order valence-electron chi connectivity index (χ2n) is 7.05.